The van der Waals surface area contributed by atoms with E-state index in [2.05, 4.69) is 0 Å². The summed E-state index contributed by atoms with van der Waals surface area (Å²) in [4.78, 5) is 25.1. The van der Waals surface area contributed by atoms with Crippen molar-refractivity contribution in [3.8, 4) is 0 Å². The number of carbonyl (C=O) groups excluding carboxylic acids is 1. The molecule has 5 nitrogen and oxygen atoms in total. The van der Waals surface area contributed by atoms with E-state index in [1.54, 1.807) is 30.2 Å². The maximum atomic E-state index is 12.3. The van der Waals surface area contributed by atoms with Crippen molar-refractivity contribution >= 4 is 11.9 Å². The summed E-state index contributed by atoms with van der Waals surface area (Å²) in [5, 5.41) is 9.12. The molecular weight excluding hydrogens is 258 g/mol. The monoisotopic (exact) mass is 279 g/mol. The van der Waals surface area contributed by atoms with Crippen LogP contribution in [0.4, 0.5) is 0 Å². The number of benzene rings is 1. The Morgan fingerprint density at radius 1 is 1.35 bits per heavy atom. The Balaban J connectivity index is 2.86. The molecule has 1 rings (SSSR count). The molecule has 0 heterocycles. The molecule has 0 saturated carbocycles. The van der Waals surface area contributed by atoms with Gasteiger partial charge in [0.25, 0.3) is 0 Å². The Kier molecular flexibility index (Phi) is 6.18. The summed E-state index contributed by atoms with van der Waals surface area (Å²) >= 11 is 0. The zero-order chi connectivity index (χ0) is 15.1. The SMILES string of the molecule is CCN(C(=O)Cc1ccccc1C(=O)O)C(C)COC. The molecule has 0 aliphatic carbocycles. The van der Waals surface area contributed by atoms with E-state index in [1.165, 1.54) is 6.07 Å². The van der Waals surface area contributed by atoms with Crippen molar-refractivity contribution in [2.45, 2.75) is 26.3 Å². The molecule has 0 saturated heterocycles. The van der Waals surface area contributed by atoms with Gasteiger partial charge in [0.2, 0.25) is 5.91 Å². The third-order valence-corrected chi connectivity index (χ3v) is 3.19. The molecule has 20 heavy (non-hydrogen) atoms. The zero-order valence-electron chi connectivity index (χ0n) is 12.1. The molecule has 1 unspecified atom stereocenters. The van der Waals surface area contributed by atoms with Gasteiger partial charge in [-0.1, -0.05) is 18.2 Å². The fourth-order valence-corrected chi connectivity index (χ4v) is 2.21. The smallest absolute Gasteiger partial charge is 0.335 e. The summed E-state index contributed by atoms with van der Waals surface area (Å²) in [6.07, 6.45) is 0.0877. The number of carbonyl (C=O) groups is 2. The van der Waals surface area contributed by atoms with Gasteiger partial charge in [0.15, 0.2) is 0 Å². The van der Waals surface area contributed by atoms with Crippen LogP contribution in [-0.4, -0.2) is 48.2 Å². The molecule has 0 radical (unpaired) electrons. The number of rotatable bonds is 7. The van der Waals surface area contributed by atoms with Crippen LogP contribution in [0.1, 0.15) is 29.8 Å². The maximum absolute atomic E-state index is 12.3. The number of hydrogen-bond acceptors (Lipinski definition) is 3. The minimum Gasteiger partial charge on any atom is -0.478 e. The minimum absolute atomic E-state index is 0.0329. The van der Waals surface area contributed by atoms with Gasteiger partial charge in [0.1, 0.15) is 0 Å². The van der Waals surface area contributed by atoms with E-state index >= 15 is 0 Å². The first kappa shape index (κ1) is 16.2. The lowest BCUT2D eigenvalue weighted by Crippen LogP contribution is -2.41. The molecule has 1 atom stereocenters. The number of carboxylic acid groups (broad SMARTS) is 1. The van der Waals surface area contributed by atoms with E-state index in [-0.39, 0.29) is 23.9 Å². The van der Waals surface area contributed by atoms with Crippen LogP contribution >= 0.6 is 0 Å². The van der Waals surface area contributed by atoms with E-state index in [1.807, 2.05) is 13.8 Å². The molecule has 0 fully saturated rings. The maximum Gasteiger partial charge on any atom is 0.335 e. The van der Waals surface area contributed by atoms with Crippen molar-refractivity contribution in [3.05, 3.63) is 35.4 Å². The molecule has 0 aliphatic rings. The quantitative estimate of drug-likeness (QED) is 0.826. The highest BCUT2D eigenvalue weighted by atomic mass is 16.5. The number of methoxy groups -OCH3 is 1. The lowest BCUT2D eigenvalue weighted by atomic mass is 10.0. The van der Waals surface area contributed by atoms with Gasteiger partial charge in [-0.05, 0) is 25.5 Å². The van der Waals surface area contributed by atoms with Gasteiger partial charge < -0.3 is 14.7 Å². The molecule has 5 heteroatoms. The number of carboxylic acids is 1. The molecule has 1 N–H and O–H groups in total. The van der Waals surface area contributed by atoms with Crippen LogP contribution in [0.5, 0.6) is 0 Å². The molecule has 0 bridgehead atoms. The molecule has 1 aromatic rings. The summed E-state index contributed by atoms with van der Waals surface area (Å²) in [5.41, 5.74) is 0.712. The van der Waals surface area contributed by atoms with Crippen LogP contribution in [-0.2, 0) is 16.0 Å². The second-order valence-electron chi connectivity index (χ2n) is 4.62. The fraction of sp³-hybridized carbons (Fsp3) is 0.467. The van der Waals surface area contributed by atoms with Crippen molar-refractivity contribution < 1.29 is 19.4 Å². The average Bonchev–Trinajstić information content (AvgIpc) is 2.40. The lowest BCUT2D eigenvalue weighted by molar-refractivity contribution is -0.133. The van der Waals surface area contributed by atoms with E-state index in [9.17, 15) is 9.59 Å². The third kappa shape index (κ3) is 4.06. The highest BCUT2D eigenvalue weighted by Crippen LogP contribution is 2.12. The number of ether oxygens (including phenoxy) is 1. The van der Waals surface area contributed by atoms with Gasteiger partial charge in [-0.3, -0.25) is 4.79 Å². The van der Waals surface area contributed by atoms with Gasteiger partial charge in [0, 0.05) is 13.7 Å². The largest absolute Gasteiger partial charge is 0.478 e. The van der Waals surface area contributed by atoms with Crippen LogP contribution in [0.2, 0.25) is 0 Å². The predicted molar refractivity (Wildman–Crippen MR) is 75.8 cm³/mol. The summed E-state index contributed by atoms with van der Waals surface area (Å²) in [6, 6.07) is 6.55. The van der Waals surface area contributed by atoms with E-state index in [0.717, 1.165) is 0 Å². The van der Waals surface area contributed by atoms with Gasteiger partial charge >= 0.3 is 5.97 Å². The van der Waals surface area contributed by atoms with Gasteiger partial charge in [-0.15, -0.1) is 0 Å². The van der Waals surface area contributed by atoms with Crippen LogP contribution in [0, 0.1) is 0 Å². The summed E-state index contributed by atoms with van der Waals surface area (Å²) in [5.74, 6) is -1.10. The molecule has 0 spiro atoms. The first-order valence-corrected chi connectivity index (χ1v) is 6.60. The predicted octanol–water partition coefficient (Wildman–Crippen LogP) is 1.81. The summed E-state index contributed by atoms with van der Waals surface area (Å²) in [7, 11) is 1.59. The molecule has 0 aliphatic heterocycles. The third-order valence-electron chi connectivity index (χ3n) is 3.19. The topological polar surface area (TPSA) is 66.8 Å². The van der Waals surface area contributed by atoms with Crippen LogP contribution < -0.4 is 0 Å². The Bertz CT molecular complexity index is 473. The van der Waals surface area contributed by atoms with E-state index in [0.29, 0.717) is 18.7 Å². The molecular formula is C15H21NO4. The fourth-order valence-electron chi connectivity index (χ4n) is 2.21. The van der Waals surface area contributed by atoms with Crippen molar-refractivity contribution in [2.75, 3.05) is 20.3 Å². The number of hydrogen-bond donors (Lipinski definition) is 1. The highest BCUT2D eigenvalue weighted by Gasteiger charge is 2.20. The van der Waals surface area contributed by atoms with E-state index < -0.39 is 5.97 Å². The summed E-state index contributed by atoms with van der Waals surface area (Å²) in [6.45, 7) is 4.83. The number of likely N-dealkylation sites (N-methyl/N-ethyl adjacent to an activating group) is 1. The highest BCUT2D eigenvalue weighted by molar-refractivity contribution is 5.91. The summed E-state index contributed by atoms with van der Waals surface area (Å²) < 4.78 is 5.06. The van der Waals surface area contributed by atoms with Crippen molar-refractivity contribution in [2.24, 2.45) is 0 Å². The average molecular weight is 279 g/mol. The number of aromatic carboxylic acids is 1. The van der Waals surface area contributed by atoms with Crippen LogP contribution in [0.3, 0.4) is 0 Å². The second-order valence-corrected chi connectivity index (χ2v) is 4.62. The Labute approximate surface area is 119 Å². The van der Waals surface area contributed by atoms with Crippen LogP contribution in [0.15, 0.2) is 24.3 Å². The van der Waals surface area contributed by atoms with Gasteiger partial charge in [-0.25, -0.2) is 4.79 Å². The molecule has 1 amide bonds. The molecule has 1 aromatic carbocycles. The van der Waals surface area contributed by atoms with Gasteiger partial charge in [-0.2, -0.15) is 0 Å². The zero-order valence-corrected chi connectivity index (χ0v) is 12.1. The number of nitrogens with zero attached hydrogens (tertiary/aromatic N) is 1. The van der Waals surface area contributed by atoms with Crippen LogP contribution in [0.25, 0.3) is 0 Å². The standard InChI is InChI=1S/C15H21NO4/c1-4-16(11(2)10-20-3)14(17)9-12-7-5-6-8-13(12)15(18)19/h5-8,11H,4,9-10H2,1-3H3,(H,18,19). The number of amides is 1. The van der Waals surface area contributed by atoms with Crippen molar-refractivity contribution in [3.63, 3.8) is 0 Å². The lowest BCUT2D eigenvalue weighted by Gasteiger charge is -2.27. The van der Waals surface area contributed by atoms with Gasteiger partial charge in [0.05, 0.1) is 24.6 Å². The molecule has 0 aromatic heterocycles. The minimum atomic E-state index is -1.01. The van der Waals surface area contributed by atoms with Crippen molar-refractivity contribution in [1.29, 1.82) is 0 Å². The molecule has 110 valence electrons. The Hall–Kier alpha value is -1.88. The normalized spacial score (nSPS) is 11.9. The second kappa shape index (κ2) is 7.65. The Morgan fingerprint density at radius 2 is 2.00 bits per heavy atom. The first-order valence-electron chi connectivity index (χ1n) is 6.60. The first-order chi connectivity index (χ1) is 9.51. The van der Waals surface area contributed by atoms with Crippen molar-refractivity contribution in [1.82, 2.24) is 4.90 Å². The van der Waals surface area contributed by atoms with E-state index in [4.69, 9.17) is 9.84 Å². The Morgan fingerprint density at radius 3 is 2.55 bits per heavy atom.